The van der Waals surface area contributed by atoms with Crippen molar-refractivity contribution in [3.05, 3.63) is 399 Å². The molecule has 0 bridgehead atoms. The summed E-state index contributed by atoms with van der Waals surface area (Å²) in [6, 6.07) is 126. The molecule has 12 nitrogen and oxygen atoms in total. The van der Waals surface area contributed by atoms with E-state index in [9.17, 15) is 15.3 Å². The molecule has 0 spiro atoms. The number of nitrogens with zero attached hydrogens (tertiary/aromatic N) is 9. The standard InChI is InChI=1S/C42H38N3O.C36H26N3O.C34H22N3O.3Pt/c1-41(2,3)30-25-33(40(46)34(26-30)42(4,5)6)36-16-12-17-39(44-36)45-37-21-19-28(27-13-8-7-9-14-27)23-32(37)31-20-18-29(24-38(31)45)35-15-10-11-22-43-35;1-23-19-24(2)36(40)30(20-23)32-12-8-13-35(38-32)39-33-17-15-26(25-9-4-3-5-10-25)21-29(33)28-16-14-27(22-34(28)39)31-11-6-7-18-37-31;38-33-14-5-4-11-27(33)30-13-8-15-34(36-30)37-31-19-17-24(23-9-2-1-3-10-23)21-28(31)26-18-16-25(22-32(26)37)29-12-6-7-20-35-29;;;/h7-23,25-26,46H,1-6H3;3-21,40H,1-2H3;1-21,38H;;;/q3*-1;;;. The summed E-state index contributed by atoms with van der Waals surface area (Å²) in [7, 11) is 0. The molecule has 0 amide bonds. The molecule has 127 heavy (non-hydrogen) atoms. The van der Waals surface area contributed by atoms with Crippen LogP contribution >= 0.6 is 0 Å². The molecule has 0 fully saturated rings. The van der Waals surface area contributed by atoms with Crippen LogP contribution in [0.25, 0.3) is 184 Å². The first kappa shape index (κ1) is 86.9. The monoisotopic (exact) mass is 2190 g/mol. The van der Waals surface area contributed by atoms with Gasteiger partial charge in [-0.3, -0.25) is 0 Å². The second-order valence-electron chi connectivity index (χ2n) is 33.4. The molecule has 0 radical (unpaired) electrons. The van der Waals surface area contributed by atoms with Crippen molar-refractivity contribution in [2.24, 2.45) is 0 Å². The maximum absolute atomic E-state index is 11.7. The van der Waals surface area contributed by atoms with Crippen LogP contribution in [0.5, 0.6) is 17.2 Å². The molecule has 12 aromatic carbocycles. The van der Waals surface area contributed by atoms with Crippen LogP contribution in [-0.4, -0.2) is 58.9 Å². The van der Waals surface area contributed by atoms with E-state index in [1.54, 1.807) is 18.5 Å². The minimum absolute atomic E-state index is 0. The second kappa shape index (κ2) is 36.5. The molecule has 0 aliphatic rings. The van der Waals surface area contributed by atoms with Crippen molar-refractivity contribution in [3.8, 4) is 136 Å². The van der Waals surface area contributed by atoms with E-state index >= 15 is 0 Å². The Bertz CT molecular complexity index is 7620. The van der Waals surface area contributed by atoms with Gasteiger partial charge in [0.25, 0.3) is 0 Å². The number of fused-ring (bicyclic) bond motifs is 9. The fourth-order valence-electron chi connectivity index (χ4n) is 16.8. The number of aromatic nitrogens is 9. The normalized spacial score (nSPS) is 11.4. The molecule has 630 valence electrons. The van der Waals surface area contributed by atoms with Gasteiger partial charge in [0, 0.05) is 121 Å². The van der Waals surface area contributed by atoms with Gasteiger partial charge in [-0.1, -0.05) is 264 Å². The summed E-state index contributed by atoms with van der Waals surface area (Å²) in [4.78, 5) is 29.0. The zero-order chi connectivity index (χ0) is 84.9. The number of benzene rings is 12. The van der Waals surface area contributed by atoms with Crippen molar-refractivity contribution in [2.75, 3.05) is 0 Å². The van der Waals surface area contributed by atoms with Crippen molar-refractivity contribution < 1.29 is 78.5 Å². The van der Waals surface area contributed by atoms with E-state index in [4.69, 9.17) is 15.0 Å². The first-order chi connectivity index (χ1) is 60.3. The molecule has 21 aromatic rings. The topological polar surface area (TPSA) is 153 Å². The van der Waals surface area contributed by atoms with E-state index < -0.39 is 0 Å². The summed E-state index contributed by atoms with van der Waals surface area (Å²) >= 11 is 0. The van der Waals surface area contributed by atoms with E-state index in [-0.39, 0.29) is 91.3 Å². The SMILES string of the molecule is CC(C)(C)c1cc(-c2cccc(-n3c4[c-]c(-c5ccccn5)ccc4c4cc(-c5ccccc5)ccc43)n2)c(O)c(C(C)(C)C)c1.Cc1cc(C)c(O)c(-c2cccc(-n3c4[c-]c(-c5ccccn5)ccc4c4cc(-c5ccccc5)ccc43)n2)c1.Oc1ccccc1-c1cccc(-n2c3[c-]c(-c4ccccn4)ccc3c3cc(-c4ccccc4)ccc32)n1.[Pt].[Pt].[Pt]. The third kappa shape index (κ3) is 17.3. The van der Waals surface area contributed by atoms with Gasteiger partial charge >= 0.3 is 0 Å². The van der Waals surface area contributed by atoms with Gasteiger partial charge in [0.2, 0.25) is 0 Å². The van der Waals surface area contributed by atoms with Crippen LogP contribution in [0.15, 0.2) is 358 Å². The summed E-state index contributed by atoms with van der Waals surface area (Å²) in [5, 5.41) is 39.7. The number of phenolic OH excluding ortho intramolecular Hbond substituents is 3. The van der Waals surface area contributed by atoms with E-state index in [2.05, 4.69) is 264 Å². The van der Waals surface area contributed by atoms with Crippen molar-refractivity contribution >= 4 is 65.4 Å². The van der Waals surface area contributed by atoms with Crippen LogP contribution in [0.1, 0.15) is 63.8 Å². The first-order valence-electron chi connectivity index (χ1n) is 41.6. The number of hydrogen-bond donors (Lipinski definition) is 3. The third-order valence-corrected chi connectivity index (χ3v) is 23.0. The largest absolute Gasteiger partial charge is 0.507 e. The number of hydrogen-bond acceptors (Lipinski definition) is 9. The predicted molar refractivity (Wildman–Crippen MR) is 506 cm³/mol. The fourth-order valence-corrected chi connectivity index (χ4v) is 16.8. The Morgan fingerprint density at radius 1 is 0.276 bits per heavy atom. The maximum atomic E-state index is 11.7. The Morgan fingerprint density at radius 3 is 0.976 bits per heavy atom. The Labute approximate surface area is 781 Å². The first-order valence-corrected chi connectivity index (χ1v) is 41.6. The van der Waals surface area contributed by atoms with E-state index in [1.165, 1.54) is 16.7 Å². The van der Waals surface area contributed by atoms with Gasteiger partial charge in [0.05, 0.1) is 17.1 Å². The van der Waals surface area contributed by atoms with E-state index in [0.29, 0.717) is 11.3 Å². The van der Waals surface area contributed by atoms with Gasteiger partial charge in [-0.05, 0) is 222 Å². The Hall–Kier alpha value is -13.6. The zero-order valence-corrected chi connectivity index (χ0v) is 77.7. The molecule has 9 heterocycles. The molecule has 9 aromatic heterocycles. The molecule has 0 saturated carbocycles. The number of pyridine rings is 6. The minimum atomic E-state index is -0.238. The van der Waals surface area contributed by atoms with Crippen LogP contribution in [0, 0.1) is 32.0 Å². The summed E-state index contributed by atoms with van der Waals surface area (Å²) in [5.41, 5.74) is 26.2. The van der Waals surface area contributed by atoms with Crippen molar-refractivity contribution in [1.82, 2.24) is 43.6 Å². The van der Waals surface area contributed by atoms with Gasteiger partial charge < -0.3 is 44.0 Å². The Morgan fingerprint density at radius 2 is 0.622 bits per heavy atom. The summed E-state index contributed by atoms with van der Waals surface area (Å²) in [6.45, 7) is 17.0. The summed E-state index contributed by atoms with van der Waals surface area (Å²) in [6.07, 6.45) is 5.41. The molecule has 0 aliphatic heterocycles. The molecule has 0 saturated heterocycles. The number of aromatic hydroxyl groups is 3. The van der Waals surface area contributed by atoms with Crippen LogP contribution < -0.4 is 0 Å². The maximum Gasteiger partial charge on any atom is 0.136 e. The van der Waals surface area contributed by atoms with Crippen LogP contribution in [-0.2, 0) is 74.0 Å². The van der Waals surface area contributed by atoms with E-state index in [0.717, 1.165) is 178 Å². The second-order valence-corrected chi connectivity index (χ2v) is 33.4. The molecule has 15 heteroatoms. The summed E-state index contributed by atoms with van der Waals surface area (Å²) < 4.78 is 6.50. The van der Waals surface area contributed by atoms with Crippen LogP contribution in [0.3, 0.4) is 0 Å². The van der Waals surface area contributed by atoms with Gasteiger partial charge in [-0.15, -0.1) is 71.3 Å². The number of rotatable bonds is 12. The van der Waals surface area contributed by atoms with E-state index in [1.807, 2.05) is 178 Å². The van der Waals surface area contributed by atoms with Gasteiger partial charge in [-0.2, -0.15) is 0 Å². The average molecular weight is 2190 g/mol. The molecule has 3 N–H and O–H groups in total. The molecular weight excluding hydrogens is 2100 g/mol. The molecule has 0 aliphatic carbocycles. The Balaban J connectivity index is 0.000000139. The molecular formula is C112H86N9O3Pt3-3. The third-order valence-electron chi connectivity index (χ3n) is 23.0. The van der Waals surface area contributed by atoms with Gasteiger partial charge in [0.1, 0.15) is 34.7 Å². The molecule has 21 rings (SSSR count). The number of phenols is 3. The van der Waals surface area contributed by atoms with Crippen molar-refractivity contribution in [3.63, 3.8) is 0 Å². The molecule has 0 atom stereocenters. The van der Waals surface area contributed by atoms with Crippen LogP contribution in [0.4, 0.5) is 0 Å². The number of aryl methyl sites for hydroxylation is 2. The minimum Gasteiger partial charge on any atom is -0.507 e. The zero-order valence-electron chi connectivity index (χ0n) is 70.9. The van der Waals surface area contributed by atoms with Crippen LogP contribution in [0.2, 0.25) is 0 Å². The number of para-hydroxylation sites is 1. The van der Waals surface area contributed by atoms with Crippen molar-refractivity contribution in [2.45, 2.75) is 66.2 Å². The summed E-state index contributed by atoms with van der Waals surface area (Å²) in [5.74, 6) is 3.02. The van der Waals surface area contributed by atoms with Crippen molar-refractivity contribution in [1.29, 1.82) is 0 Å². The fraction of sp³-hybridized carbons (Fsp3) is 0.0893. The quantitative estimate of drug-likeness (QED) is 0.101. The molecule has 0 unspecified atom stereocenters. The smallest absolute Gasteiger partial charge is 0.136 e. The average Bonchev–Trinajstić information content (AvgIpc) is 1.60. The van der Waals surface area contributed by atoms with Gasteiger partial charge in [-0.25, -0.2) is 15.0 Å². The van der Waals surface area contributed by atoms with Gasteiger partial charge in [0.15, 0.2) is 0 Å². The Kier molecular flexibility index (Phi) is 25.0. The predicted octanol–water partition coefficient (Wildman–Crippen LogP) is 27.4.